The Bertz CT molecular complexity index is 602. The molecular weight excluding hydrogens is 260 g/mol. The number of nitrogens with two attached hydrogens (primary N) is 1. The number of hydrogen-bond donors (Lipinski definition) is 1. The van der Waals surface area contributed by atoms with E-state index in [1.165, 1.54) is 23.1 Å². The van der Waals surface area contributed by atoms with Gasteiger partial charge in [-0.1, -0.05) is 24.3 Å². The molecule has 4 heteroatoms. The smallest absolute Gasteiger partial charge is 0.0538 e. The third kappa shape index (κ3) is 3.01. The predicted molar refractivity (Wildman–Crippen MR) is 84.8 cm³/mol. The van der Waals surface area contributed by atoms with Gasteiger partial charge in [0.05, 0.1) is 12.2 Å². The molecule has 1 aliphatic rings. The highest BCUT2D eigenvalue weighted by Gasteiger charge is 2.27. The highest BCUT2D eigenvalue weighted by atomic mass is 15.3. The van der Waals surface area contributed by atoms with Gasteiger partial charge in [0.15, 0.2) is 0 Å². The summed E-state index contributed by atoms with van der Waals surface area (Å²) in [5.74, 6) is 0. The number of hydrogen-bond acceptors (Lipinski definition) is 3. The minimum atomic E-state index is 0.0828. The molecule has 0 spiro atoms. The molecule has 0 aliphatic carbocycles. The van der Waals surface area contributed by atoms with E-state index in [4.69, 9.17) is 5.73 Å². The fourth-order valence-corrected chi connectivity index (χ4v) is 3.40. The fourth-order valence-electron chi connectivity index (χ4n) is 3.40. The summed E-state index contributed by atoms with van der Waals surface area (Å²) in [6.07, 6.45) is 6.38. The van der Waals surface area contributed by atoms with Crippen LogP contribution in [0.25, 0.3) is 0 Å². The molecule has 2 atom stereocenters. The Kier molecular flexibility index (Phi) is 4.08. The number of benzene rings is 1. The summed E-state index contributed by atoms with van der Waals surface area (Å²) in [6, 6.07) is 9.08. The van der Waals surface area contributed by atoms with E-state index >= 15 is 0 Å². The van der Waals surface area contributed by atoms with E-state index in [2.05, 4.69) is 47.4 Å². The maximum absolute atomic E-state index is 6.30. The van der Waals surface area contributed by atoms with Crippen molar-refractivity contribution in [2.45, 2.75) is 38.4 Å². The maximum Gasteiger partial charge on any atom is 0.0538 e. The van der Waals surface area contributed by atoms with Crippen LogP contribution in [0, 0.1) is 0 Å². The van der Waals surface area contributed by atoms with Crippen LogP contribution in [0.1, 0.15) is 36.1 Å². The Morgan fingerprint density at radius 1 is 1.24 bits per heavy atom. The fraction of sp³-hybridized carbons (Fsp3) is 0.471. The van der Waals surface area contributed by atoms with Gasteiger partial charge in [-0.2, -0.15) is 5.10 Å². The zero-order valence-electron chi connectivity index (χ0n) is 12.9. The van der Waals surface area contributed by atoms with Crippen LogP contribution < -0.4 is 5.73 Å². The summed E-state index contributed by atoms with van der Waals surface area (Å²) < 4.78 is 1.86. The molecule has 2 N–H and O–H groups in total. The lowest BCUT2D eigenvalue weighted by molar-refractivity contribution is 0.170. The SMILES string of the molecule is CC(N)C(c1cnn(C)c1)N1CCCc2ccccc2C1. The van der Waals surface area contributed by atoms with E-state index < -0.39 is 0 Å². The van der Waals surface area contributed by atoms with Gasteiger partial charge >= 0.3 is 0 Å². The molecule has 4 nitrogen and oxygen atoms in total. The van der Waals surface area contributed by atoms with Crippen molar-refractivity contribution in [2.75, 3.05) is 6.54 Å². The lowest BCUT2D eigenvalue weighted by Crippen LogP contribution is -2.39. The molecule has 2 unspecified atom stereocenters. The first-order valence-electron chi connectivity index (χ1n) is 7.70. The van der Waals surface area contributed by atoms with E-state index in [0.29, 0.717) is 0 Å². The number of aromatic nitrogens is 2. The zero-order valence-corrected chi connectivity index (χ0v) is 12.9. The molecule has 0 amide bonds. The first kappa shape index (κ1) is 14.3. The second-order valence-electron chi connectivity index (χ2n) is 6.09. The molecule has 0 saturated carbocycles. The molecule has 21 heavy (non-hydrogen) atoms. The molecule has 0 fully saturated rings. The third-order valence-electron chi connectivity index (χ3n) is 4.34. The van der Waals surface area contributed by atoms with Crippen LogP contribution in [0.4, 0.5) is 0 Å². The molecule has 0 bridgehead atoms. The minimum absolute atomic E-state index is 0.0828. The van der Waals surface area contributed by atoms with Crippen molar-refractivity contribution >= 4 is 0 Å². The Morgan fingerprint density at radius 3 is 2.67 bits per heavy atom. The molecular formula is C17H24N4. The molecule has 1 aliphatic heterocycles. The highest BCUT2D eigenvalue weighted by molar-refractivity contribution is 5.28. The van der Waals surface area contributed by atoms with Gasteiger partial charge in [-0.25, -0.2) is 0 Å². The van der Waals surface area contributed by atoms with Gasteiger partial charge in [0, 0.05) is 31.4 Å². The van der Waals surface area contributed by atoms with Crippen molar-refractivity contribution in [2.24, 2.45) is 12.8 Å². The maximum atomic E-state index is 6.30. The van der Waals surface area contributed by atoms with Crippen LogP contribution in [0.15, 0.2) is 36.7 Å². The topological polar surface area (TPSA) is 47.1 Å². The second-order valence-corrected chi connectivity index (χ2v) is 6.09. The first-order valence-corrected chi connectivity index (χ1v) is 7.70. The normalized spacial score (nSPS) is 18.8. The third-order valence-corrected chi connectivity index (χ3v) is 4.34. The molecule has 2 heterocycles. The Hall–Kier alpha value is -1.65. The molecule has 0 saturated heterocycles. The van der Waals surface area contributed by atoms with Crippen molar-refractivity contribution in [3.63, 3.8) is 0 Å². The summed E-state index contributed by atoms with van der Waals surface area (Å²) in [4.78, 5) is 2.51. The Morgan fingerprint density at radius 2 is 2.00 bits per heavy atom. The quantitative estimate of drug-likeness (QED) is 0.940. The minimum Gasteiger partial charge on any atom is -0.326 e. The van der Waals surface area contributed by atoms with Crippen LogP contribution in [0.3, 0.4) is 0 Å². The van der Waals surface area contributed by atoms with Gasteiger partial charge in [0.25, 0.3) is 0 Å². The van der Waals surface area contributed by atoms with Crippen LogP contribution in [0.5, 0.6) is 0 Å². The van der Waals surface area contributed by atoms with Crippen molar-refractivity contribution in [3.05, 3.63) is 53.3 Å². The number of aryl methyl sites for hydroxylation is 2. The summed E-state index contributed by atoms with van der Waals surface area (Å²) in [7, 11) is 1.96. The number of fused-ring (bicyclic) bond motifs is 1. The van der Waals surface area contributed by atoms with Gasteiger partial charge in [-0.3, -0.25) is 9.58 Å². The Balaban J connectivity index is 1.90. The highest BCUT2D eigenvalue weighted by Crippen LogP contribution is 2.28. The van der Waals surface area contributed by atoms with Gasteiger partial charge in [-0.15, -0.1) is 0 Å². The Labute approximate surface area is 126 Å². The van der Waals surface area contributed by atoms with Crippen molar-refractivity contribution < 1.29 is 0 Å². The summed E-state index contributed by atoms with van der Waals surface area (Å²) >= 11 is 0. The molecule has 2 aromatic rings. The average Bonchev–Trinajstić information content (AvgIpc) is 2.75. The summed E-state index contributed by atoms with van der Waals surface area (Å²) in [6.45, 7) is 4.14. The molecule has 0 radical (unpaired) electrons. The van der Waals surface area contributed by atoms with Gasteiger partial charge < -0.3 is 5.73 Å². The first-order chi connectivity index (χ1) is 10.1. The zero-order chi connectivity index (χ0) is 14.8. The summed E-state index contributed by atoms with van der Waals surface area (Å²) in [5, 5.41) is 4.32. The van der Waals surface area contributed by atoms with Gasteiger partial charge in [0.1, 0.15) is 0 Å². The molecule has 1 aromatic carbocycles. The van der Waals surface area contributed by atoms with Gasteiger partial charge in [-0.05, 0) is 37.4 Å². The van der Waals surface area contributed by atoms with Crippen molar-refractivity contribution in [1.29, 1.82) is 0 Å². The molecule has 1 aromatic heterocycles. The lowest BCUT2D eigenvalue weighted by atomic mass is 10.0. The standard InChI is InChI=1S/C17H24N4/c1-13(18)17(16-10-19-20(2)11-16)21-9-5-8-14-6-3-4-7-15(14)12-21/h3-4,6-7,10-11,13,17H,5,8-9,12,18H2,1-2H3. The van der Waals surface area contributed by atoms with Crippen LogP contribution in [-0.4, -0.2) is 27.3 Å². The van der Waals surface area contributed by atoms with E-state index in [-0.39, 0.29) is 12.1 Å². The van der Waals surface area contributed by atoms with Gasteiger partial charge in [0.2, 0.25) is 0 Å². The van der Waals surface area contributed by atoms with Crippen molar-refractivity contribution in [1.82, 2.24) is 14.7 Å². The van der Waals surface area contributed by atoms with E-state index in [1.807, 2.05) is 17.9 Å². The van der Waals surface area contributed by atoms with Crippen LogP contribution in [-0.2, 0) is 20.0 Å². The lowest BCUT2D eigenvalue weighted by Gasteiger charge is -2.33. The molecule has 3 rings (SSSR count). The molecule has 112 valence electrons. The predicted octanol–water partition coefficient (Wildman–Crippen LogP) is 2.26. The van der Waals surface area contributed by atoms with E-state index in [1.54, 1.807) is 0 Å². The van der Waals surface area contributed by atoms with Crippen molar-refractivity contribution in [3.8, 4) is 0 Å². The largest absolute Gasteiger partial charge is 0.326 e. The number of nitrogens with zero attached hydrogens (tertiary/aromatic N) is 3. The van der Waals surface area contributed by atoms with Crippen LogP contribution >= 0.6 is 0 Å². The number of rotatable bonds is 3. The van der Waals surface area contributed by atoms with Crippen LogP contribution in [0.2, 0.25) is 0 Å². The van der Waals surface area contributed by atoms with E-state index in [9.17, 15) is 0 Å². The monoisotopic (exact) mass is 284 g/mol. The average molecular weight is 284 g/mol. The summed E-state index contributed by atoms with van der Waals surface area (Å²) in [5.41, 5.74) is 10.4. The second kappa shape index (κ2) is 6.00. The van der Waals surface area contributed by atoms with E-state index in [0.717, 1.165) is 19.5 Å².